The first-order valence-electron chi connectivity index (χ1n) is 9.55. The highest BCUT2D eigenvalue weighted by atomic mass is 31.2. The van der Waals surface area contributed by atoms with Gasteiger partial charge in [0.25, 0.3) is 0 Å². The van der Waals surface area contributed by atoms with Gasteiger partial charge in [0.2, 0.25) is 0 Å². The zero-order valence-corrected chi connectivity index (χ0v) is 16.5. The van der Waals surface area contributed by atoms with Crippen LogP contribution in [0.15, 0.2) is 60.7 Å². The standard InChI is InChI=1S/C22H27O4P/c1-27(25,18-10-6-3-7-11-18)20(23)21(12-13-21)16-22(24)14-19(22)26-15-17-8-4-2-5-9-17/h2-11,19-20,23-24H,12-16H2,1H3/t19-,20+,22?,27-/m1/s1. The fourth-order valence-corrected chi connectivity index (χ4v) is 6.56. The van der Waals surface area contributed by atoms with Gasteiger partial charge in [-0.3, -0.25) is 0 Å². The highest BCUT2D eigenvalue weighted by molar-refractivity contribution is 7.71. The molecule has 2 N–H and O–H groups in total. The van der Waals surface area contributed by atoms with Crippen molar-refractivity contribution in [3.63, 3.8) is 0 Å². The Labute approximate surface area is 160 Å². The molecule has 4 atom stereocenters. The van der Waals surface area contributed by atoms with Crippen molar-refractivity contribution in [1.29, 1.82) is 0 Å². The van der Waals surface area contributed by atoms with Crippen molar-refractivity contribution in [1.82, 2.24) is 0 Å². The second-order valence-corrected chi connectivity index (χ2v) is 11.3. The van der Waals surface area contributed by atoms with Crippen LogP contribution in [0.25, 0.3) is 0 Å². The maximum absolute atomic E-state index is 13.3. The molecule has 0 radical (unpaired) electrons. The molecule has 2 aliphatic carbocycles. The van der Waals surface area contributed by atoms with Gasteiger partial charge in [0.15, 0.2) is 0 Å². The molecular weight excluding hydrogens is 359 g/mol. The van der Waals surface area contributed by atoms with E-state index in [2.05, 4.69) is 0 Å². The van der Waals surface area contributed by atoms with Crippen molar-refractivity contribution in [3.8, 4) is 0 Å². The predicted molar refractivity (Wildman–Crippen MR) is 106 cm³/mol. The molecule has 0 aliphatic heterocycles. The first kappa shape index (κ1) is 18.9. The van der Waals surface area contributed by atoms with E-state index < -0.39 is 24.0 Å². The summed E-state index contributed by atoms with van der Waals surface area (Å²) in [6.07, 6.45) is 2.41. The summed E-state index contributed by atoms with van der Waals surface area (Å²) < 4.78 is 19.2. The van der Waals surface area contributed by atoms with E-state index in [-0.39, 0.29) is 6.10 Å². The van der Waals surface area contributed by atoms with Crippen LogP contribution in [-0.2, 0) is 15.9 Å². The predicted octanol–water partition coefficient (Wildman–Crippen LogP) is 3.51. The lowest BCUT2D eigenvalue weighted by Gasteiger charge is -2.30. The number of aliphatic hydroxyl groups excluding tert-OH is 1. The molecule has 0 amide bonds. The first-order valence-corrected chi connectivity index (χ1v) is 11.8. The molecule has 4 nitrogen and oxygen atoms in total. The minimum atomic E-state index is -2.93. The van der Waals surface area contributed by atoms with Crippen LogP contribution in [0.2, 0.25) is 0 Å². The normalized spacial score (nSPS) is 28.9. The van der Waals surface area contributed by atoms with Crippen molar-refractivity contribution in [2.45, 2.75) is 49.8 Å². The number of benzene rings is 2. The van der Waals surface area contributed by atoms with Gasteiger partial charge in [-0.05, 0) is 31.5 Å². The summed E-state index contributed by atoms with van der Waals surface area (Å²) in [6, 6.07) is 19.1. The summed E-state index contributed by atoms with van der Waals surface area (Å²) in [5.74, 6) is -0.924. The maximum atomic E-state index is 13.3. The SMILES string of the molecule is C[P@@](=O)(c1ccccc1)[C@H](O)C1(CC2(O)C[C@H]2OCc2ccccc2)CC1. The third-order valence-electron chi connectivity index (χ3n) is 6.11. The molecule has 2 aromatic carbocycles. The maximum Gasteiger partial charge on any atom is 0.140 e. The van der Waals surface area contributed by atoms with Crippen molar-refractivity contribution >= 4 is 12.4 Å². The molecule has 2 aromatic rings. The summed E-state index contributed by atoms with van der Waals surface area (Å²) in [5, 5.41) is 22.6. The second-order valence-electron chi connectivity index (χ2n) is 8.33. The van der Waals surface area contributed by atoms with Crippen LogP contribution < -0.4 is 5.30 Å². The van der Waals surface area contributed by atoms with Gasteiger partial charge < -0.3 is 19.5 Å². The molecule has 0 spiro atoms. The molecule has 4 rings (SSSR count). The Morgan fingerprint density at radius 1 is 1.11 bits per heavy atom. The van der Waals surface area contributed by atoms with Crippen LogP contribution in [0.1, 0.15) is 31.2 Å². The molecule has 2 fully saturated rings. The number of aliphatic hydroxyl groups is 2. The molecule has 144 valence electrons. The fourth-order valence-electron chi connectivity index (χ4n) is 4.12. The lowest BCUT2D eigenvalue weighted by atomic mass is 9.97. The molecular formula is C22H27O4P. The Balaban J connectivity index is 1.40. The highest BCUT2D eigenvalue weighted by Crippen LogP contribution is 2.67. The number of ether oxygens (including phenoxy) is 1. The highest BCUT2D eigenvalue weighted by Gasteiger charge is 2.64. The number of hydrogen-bond acceptors (Lipinski definition) is 4. The molecule has 5 heteroatoms. The lowest BCUT2D eigenvalue weighted by molar-refractivity contribution is 0.000488. The van der Waals surface area contributed by atoms with E-state index in [0.717, 1.165) is 18.4 Å². The van der Waals surface area contributed by atoms with Crippen LogP contribution >= 0.6 is 7.14 Å². The molecule has 2 saturated carbocycles. The van der Waals surface area contributed by atoms with Crippen LogP contribution in [0.3, 0.4) is 0 Å². The van der Waals surface area contributed by atoms with E-state index in [9.17, 15) is 14.8 Å². The molecule has 0 heterocycles. The zero-order valence-electron chi connectivity index (χ0n) is 15.6. The van der Waals surface area contributed by atoms with Gasteiger partial charge in [0.1, 0.15) is 13.0 Å². The van der Waals surface area contributed by atoms with E-state index in [1.807, 2.05) is 60.7 Å². The quantitative estimate of drug-likeness (QED) is 0.682. The average Bonchev–Trinajstić information content (AvgIpc) is 3.59. The Hall–Kier alpha value is -1.45. The van der Waals surface area contributed by atoms with E-state index in [0.29, 0.717) is 24.8 Å². The smallest absolute Gasteiger partial charge is 0.140 e. The second kappa shape index (κ2) is 6.86. The average molecular weight is 386 g/mol. The monoisotopic (exact) mass is 386 g/mol. The number of hydrogen-bond donors (Lipinski definition) is 2. The van der Waals surface area contributed by atoms with Gasteiger partial charge in [0.05, 0.1) is 18.3 Å². The molecule has 27 heavy (non-hydrogen) atoms. The zero-order chi connectivity index (χ0) is 19.1. The van der Waals surface area contributed by atoms with Crippen LogP contribution in [-0.4, -0.2) is 34.4 Å². The van der Waals surface area contributed by atoms with Crippen molar-refractivity contribution in [2.24, 2.45) is 5.41 Å². The summed E-state index contributed by atoms with van der Waals surface area (Å²) in [6.45, 7) is 2.13. The first-order chi connectivity index (χ1) is 12.9. The van der Waals surface area contributed by atoms with Gasteiger partial charge in [0, 0.05) is 17.1 Å². The number of rotatable bonds is 8. The summed E-state index contributed by atoms with van der Waals surface area (Å²) >= 11 is 0. The van der Waals surface area contributed by atoms with Gasteiger partial charge in [-0.25, -0.2) is 0 Å². The van der Waals surface area contributed by atoms with E-state index in [1.54, 1.807) is 6.66 Å². The Bertz CT molecular complexity index is 834. The largest absolute Gasteiger partial charge is 0.387 e. The fraction of sp³-hybridized carbons (Fsp3) is 0.455. The third kappa shape index (κ3) is 3.77. The topological polar surface area (TPSA) is 66.8 Å². The van der Waals surface area contributed by atoms with E-state index >= 15 is 0 Å². The van der Waals surface area contributed by atoms with E-state index in [1.165, 1.54) is 0 Å². The minimum Gasteiger partial charge on any atom is -0.387 e. The van der Waals surface area contributed by atoms with Crippen molar-refractivity contribution in [2.75, 3.05) is 6.66 Å². The van der Waals surface area contributed by atoms with Crippen molar-refractivity contribution in [3.05, 3.63) is 66.2 Å². The van der Waals surface area contributed by atoms with Crippen LogP contribution in [0.5, 0.6) is 0 Å². The van der Waals surface area contributed by atoms with Gasteiger partial charge >= 0.3 is 0 Å². The molecule has 2 aliphatic rings. The van der Waals surface area contributed by atoms with Crippen LogP contribution in [0, 0.1) is 5.41 Å². The molecule has 0 aromatic heterocycles. The molecule has 1 unspecified atom stereocenters. The van der Waals surface area contributed by atoms with Gasteiger partial charge in [-0.15, -0.1) is 0 Å². The Kier molecular flexibility index (Phi) is 4.80. The van der Waals surface area contributed by atoms with Crippen molar-refractivity contribution < 1.29 is 19.5 Å². The van der Waals surface area contributed by atoms with Gasteiger partial charge in [-0.1, -0.05) is 60.7 Å². The summed E-state index contributed by atoms with van der Waals surface area (Å²) in [7, 11) is -2.93. The summed E-state index contributed by atoms with van der Waals surface area (Å²) in [4.78, 5) is 0. The minimum absolute atomic E-state index is 0.213. The Morgan fingerprint density at radius 2 is 1.70 bits per heavy atom. The summed E-state index contributed by atoms with van der Waals surface area (Å²) in [5.41, 5.74) is -0.294. The van der Waals surface area contributed by atoms with Gasteiger partial charge in [-0.2, -0.15) is 0 Å². The molecule has 0 saturated heterocycles. The Morgan fingerprint density at radius 3 is 2.30 bits per heavy atom. The van der Waals surface area contributed by atoms with Crippen LogP contribution in [0.4, 0.5) is 0 Å². The molecule has 0 bridgehead atoms. The third-order valence-corrected chi connectivity index (χ3v) is 8.91. The van der Waals surface area contributed by atoms with E-state index in [4.69, 9.17) is 4.74 Å². The lowest BCUT2D eigenvalue weighted by Crippen LogP contribution is -2.32.